The van der Waals surface area contributed by atoms with Crippen molar-refractivity contribution < 1.29 is 4.79 Å². The smallest absolute Gasteiger partial charge is 0.251 e. The van der Waals surface area contributed by atoms with Crippen LogP contribution < -0.4 is 10.2 Å². The van der Waals surface area contributed by atoms with Gasteiger partial charge in [-0.3, -0.25) is 4.79 Å². The zero-order valence-corrected chi connectivity index (χ0v) is 14.6. The van der Waals surface area contributed by atoms with Gasteiger partial charge in [-0.15, -0.1) is 0 Å². The fraction of sp³-hybridized carbons (Fsp3) is 0.353. The summed E-state index contributed by atoms with van der Waals surface area (Å²) in [5.74, 6) is 2.82. The topological polar surface area (TPSA) is 58.1 Å². The minimum absolute atomic E-state index is 0.0371. The molecule has 0 saturated heterocycles. The van der Waals surface area contributed by atoms with Crippen LogP contribution in [0.4, 0.5) is 5.82 Å². The van der Waals surface area contributed by atoms with Crippen LogP contribution in [0.1, 0.15) is 17.3 Å². The predicted octanol–water partition coefficient (Wildman–Crippen LogP) is 2.69. The number of hydrogen-bond acceptors (Lipinski definition) is 5. The molecule has 0 spiro atoms. The molecule has 6 heteroatoms. The second-order valence-electron chi connectivity index (χ2n) is 5.19. The maximum atomic E-state index is 12.0. The molecule has 1 aromatic carbocycles. The van der Waals surface area contributed by atoms with Crippen molar-refractivity contribution in [3.8, 4) is 11.3 Å². The highest BCUT2D eigenvalue weighted by atomic mass is 32.2. The summed E-state index contributed by atoms with van der Waals surface area (Å²) in [6.07, 6.45) is 1.55. The fourth-order valence-corrected chi connectivity index (χ4v) is 2.56. The molecule has 0 unspecified atom stereocenters. The number of carbonyl (C=O) groups is 1. The first kappa shape index (κ1) is 17.3. The number of thioether (sulfide) groups is 1. The van der Waals surface area contributed by atoms with Gasteiger partial charge in [-0.1, -0.05) is 19.1 Å². The maximum Gasteiger partial charge on any atom is 0.251 e. The molecule has 0 radical (unpaired) electrons. The summed E-state index contributed by atoms with van der Waals surface area (Å²) in [5, 5.41) is 2.92. The number of aromatic nitrogens is 2. The van der Waals surface area contributed by atoms with Crippen LogP contribution in [0.25, 0.3) is 11.3 Å². The summed E-state index contributed by atoms with van der Waals surface area (Å²) < 4.78 is 0. The average Bonchev–Trinajstić information content (AvgIpc) is 2.59. The number of amides is 1. The molecule has 0 aliphatic rings. The predicted molar refractivity (Wildman–Crippen MR) is 97.1 cm³/mol. The number of nitrogens with one attached hydrogen (secondary N) is 1. The van der Waals surface area contributed by atoms with E-state index in [1.807, 2.05) is 61.1 Å². The van der Waals surface area contributed by atoms with E-state index in [1.165, 1.54) is 0 Å². The molecule has 23 heavy (non-hydrogen) atoms. The molecule has 0 saturated carbocycles. The van der Waals surface area contributed by atoms with E-state index in [0.29, 0.717) is 12.1 Å². The van der Waals surface area contributed by atoms with E-state index in [0.717, 1.165) is 28.6 Å². The second kappa shape index (κ2) is 8.53. The quantitative estimate of drug-likeness (QED) is 0.791. The first-order valence-electron chi connectivity index (χ1n) is 7.57. The van der Waals surface area contributed by atoms with Crippen molar-refractivity contribution in [3.05, 3.63) is 42.2 Å². The van der Waals surface area contributed by atoms with Crippen LogP contribution >= 0.6 is 11.8 Å². The summed E-state index contributed by atoms with van der Waals surface area (Å²) in [6, 6.07) is 9.41. The summed E-state index contributed by atoms with van der Waals surface area (Å²) in [5.41, 5.74) is 2.47. The van der Waals surface area contributed by atoms with Gasteiger partial charge in [0.15, 0.2) is 0 Å². The van der Waals surface area contributed by atoms with Crippen molar-refractivity contribution in [2.75, 3.05) is 37.0 Å². The van der Waals surface area contributed by atoms with Crippen molar-refractivity contribution in [3.63, 3.8) is 0 Å². The van der Waals surface area contributed by atoms with E-state index in [9.17, 15) is 4.79 Å². The number of anilines is 1. The summed E-state index contributed by atoms with van der Waals surface area (Å²) in [7, 11) is 3.88. The van der Waals surface area contributed by atoms with Crippen LogP contribution in [0.2, 0.25) is 0 Å². The Bertz CT molecular complexity index is 643. The maximum absolute atomic E-state index is 12.0. The first-order chi connectivity index (χ1) is 11.1. The summed E-state index contributed by atoms with van der Waals surface area (Å²) in [6.45, 7) is 2.80. The third-order valence-corrected chi connectivity index (χ3v) is 4.19. The van der Waals surface area contributed by atoms with Crippen LogP contribution in [-0.4, -0.2) is 48.0 Å². The number of nitrogens with zero attached hydrogens (tertiary/aromatic N) is 3. The largest absolute Gasteiger partial charge is 0.363 e. The minimum Gasteiger partial charge on any atom is -0.363 e. The van der Waals surface area contributed by atoms with Gasteiger partial charge < -0.3 is 10.2 Å². The molecular formula is C17H22N4OS. The summed E-state index contributed by atoms with van der Waals surface area (Å²) in [4.78, 5) is 22.5. The van der Waals surface area contributed by atoms with Crippen molar-refractivity contribution in [1.82, 2.24) is 15.3 Å². The third-order valence-electron chi connectivity index (χ3n) is 3.29. The van der Waals surface area contributed by atoms with Crippen LogP contribution in [-0.2, 0) is 0 Å². The lowest BCUT2D eigenvalue weighted by molar-refractivity contribution is 0.0956. The molecule has 2 rings (SSSR count). The lowest BCUT2D eigenvalue weighted by atomic mass is 10.1. The van der Waals surface area contributed by atoms with E-state index in [1.54, 1.807) is 6.33 Å². The fourth-order valence-electron chi connectivity index (χ4n) is 2.02. The number of hydrogen-bond donors (Lipinski definition) is 1. The molecule has 1 N–H and O–H groups in total. The molecule has 1 amide bonds. The van der Waals surface area contributed by atoms with Gasteiger partial charge in [0.05, 0.1) is 5.69 Å². The van der Waals surface area contributed by atoms with Gasteiger partial charge >= 0.3 is 0 Å². The van der Waals surface area contributed by atoms with Crippen molar-refractivity contribution in [1.29, 1.82) is 0 Å². The molecule has 0 aliphatic carbocycles. The van der Waals surface area contributed by atoms with Gasteiger partial charge in [0.1, 0.15) is 12.1 Å². The molecule has 1 aromatic heterocycles. The second-order valence-corrected chi connectivity index (χ2v) is 6.58. The number of benzene rings is 1. The molecule has 2 aromatic rings. The number of rotatable bonds is 7. The number of carbonyl (C=O) groups excluding carboxylic acids is 1. The molecule has 1 heterocycles. The highest BCUT2D eigenvalue weighted by Crippen LogP contribution is 2.20. The molecule has 0 fully saturated rings. The Morgan fingerprint density at radius 2 is 1.96 bits per heavy atom. The SMILES string of the molecule is CCSCCNC(=O)c1ccc(-c2cc(N(C)C)ncn2)cc1. The van der Waals surface area contributed by atoms with Gasteiger partial charge in [0, 0.05) is 43.6 Å². The van der Waals surface area contributed by atoms with Crippen molar-refractivity contribution >= 4 is 23.5 Å². The molecule has 0 bridgehead atoms. The summed E-state index contributed by atoms with van der Waals surface area (Å²) >= 11 is 1.82. The Labute approximate surface area is 141 Å². The molecule has 122 valence electrons. The average molecular weight is 330 g/mol. The lowest BCUT2D eigenvalue weighted by Gasteiger charge is -2.11. The van der Waals surface area contributed by atoms with Gasteiger partial charge in [0.2, 0.25) is 0 Å². The van der Waals surface area contributed by atoms with E-state index in [-0.39, 0.29) is 5.91 Å². The normalized spacial score (nSPS) is 10.4. The zero-order chi connectivity index (χ0) is 16.7. The molecular weight excluding hydrogens is 308 g/mol. The Kier molecular flexibility index (Phi) is 6.40. The molecule has 0 aliphatic heterocycles. The monoisotopic (exact) mass is 330 g/mol. The van der Waals surface area contributed by atoms with E-state index < -0.39 is 0 Å². The zero-order valence-electron chi connectivity index (χ0n) is 13.7. The Hall–Kier alpha value is -2.08. The van der Waals surface area contributed by atoms with Gasteiger partial charge in [-0.05, 0) is 17.9 Å². The van der Waals surface area contributed by atoms with Gasteiger partial charge in [-0.2, -0.15) is 11.8 Å². The van der Waals surface area contributed by atoms with Crippen molar-refractivity contribution in [2.24, 2.45) is 0 Å². The van der Waals surface area contributed by atoms with Gasteiger partial charge in [-0.25, -0.2) is 9.97 Å². The Balaban J connectivity index is 2.04. The highest BCUT2D eigenvalue weighted by Gasteiger charge is 2.07. The van der Waals surface area contributed by atoms with Crippen LogP contribution in [0.3, 0.4) is 0 Å². The van der Waals surface area contributed by atoms with E-state index >= 15 is 0 Å². The standard InChI is InChI=1S/C17H22N4OS/c1-4-23-10-9-18-17(22)14-7-5-13(6-8-14)15-11-16(21(2)3)20-12-19-15/h5-8,11-12H,4,9-10H2,1-3H3,(H,18,22). The lowest BCUT2D eigenvalue weighted by Crippen LogP contribution is -2.25. The molecule has 0 atom stereocenters. The minimum atomic E-state index is -0.0371. The van der Waals surface area contributed by atoms with Crippen LogP contribution in [0.5, 0.6) is 0 Å². The molecule has 5 nitrogen and oxygen atoms in total. The van der Waals surface area contributed by atoms with E-state index in [4.69, 9.17) is 0 Å². The van der Waals surface area contributed by atoms with Crippen molar-refractivity contribution in [2.45, 2.75) is 6.92 Å². The van der Waals surface area contributed by atoms with E-state index in [2.05, 4.69) is 22.2 Å². The third kappa shape index (κ3) is 4.96. The van der Waals surface area contributed by atoms with Gasteiger partial charge in [0.25, 0.3) is 5.91 Å². The first-order valence-corrected chi connectivity index (χ1v) is 8.73. The highest BCUT2D eigenvalue weighted by molar-refractivity contribution is 7.99. The Morgan fingerprint density at radius 1 is 1.22 bits per heavy atom. The Morgan fingerprint density at radius 3 is 2.61 bits per heavy atom. The van der Waals surface area contributed by atoms with Crippen LogP contribution in [0.15, 0.2) is 36.7 Å². The van der Waals surface area contributed by atoms with Crippen LogP contribution in [0, 0.1) is 0 Å².